The van der Waals surface area contributed by atoms with Crippen molar-refractivity contribution in [1.82, 2.24) is 19.9 Å². The van der Waals surface area contributed by atoms with Crippen LogP contribution in [0.3, 0.4) is 0 Å². The number of anilines is 1. The quantitative estimate of drug-likeness (QED) is 0.893. The highest BCUT2D eigenvalue weighted by Gasteiger charge is 2.35. The molecular weight excluding hydrogens is 283 g/mol. The fraction of sp³-hybridized carbons (Fsp3) is 0.538. The minimum atomic E-state index is -4.46. The van der Waals surface area contributed by atoms with E-state index in [0.717, 1.165) is 32.0 Å². The molecule has 0 spiro atoms. The molecule has 0 saturated carbocycles. The summed E-state index contributed by atoms with van der Waals surface area (Å²) in [7, 11) is 0. The Bertz CT molecular complexity index is 643. The van der Waals surface area contributed by atoms with Crippen LogP contribution in [0.4, 0.5) is 19.0 Å². The number of alkyl halides is 3. The lowest BCUT2D eigenvalue weighted by atomic mass is 9.90. The summed E-state index contributed by atoms with van der Waals surface area (Å²) < 4.78 is 39.5. The minimum Gasteiger partial charge on any atom is -0.363 e. The molecule has 8 heteroatoms. The molecule has 3 heterocycles. The molecule has 0 aliphatic carbocycles. The van der Waals surface area contributed by atoms with E-state index in [1.807, 2.05) is 0 Å². The van der Waals surface area contributed by atoms with Crippen LogP contribution in [0.15, 0.2) is 18.5 Å². The van der Waals surface area contributed by atoms with E-state index < -0.39 is 11.9 Å². The molecule has 0 aromatic carbocycles. The molecule has 0 atom stereocenters. The first-order chi connectivity index (χ1) is 9.87. The van der Waals surface area contributed by atoms with Crippen LogP contribution in [0.1, 0.15) is 25.5 Å². The van der Waals surface area contributed by atoms with Gasteiger partial charge in [-0.3, -0.25) is 0 Å². The van der Waals surface area contributed by atoms with Crippen LogP contribution in [-0.4, -0.2) is 33.2 Å². The maximum absolute atomic E-state index is 12.8. The number of hydrogen-bond donors (Lipinski definition) is 2. The number of nitrogens with zero attached hydrogens (tertiary/aromatic N) is 3. The Morgan fingerprint density at radius 1 is 1.33 bits per heavy atom. The first kappa shape index (κ1) is 14.1. The standard InChI is InChI=1S/C13H16F3N5/c1-12(2-4-17-5-3-12)19-11-9-8-10(13(14,15)16)20-21(9)7-6-18-11/h6-8,17H,2-5H2,1H3,(H,18,19). The number of aromatic nitrogens is 3. The highest BCUT2D eigenvalue weighted by molar-refractivity contribution is 5.68. The summed E-state index contributed by atoms with van der Waals surface area (Å²) in [4.78, 5) is 4.18. The van der Waals surface area contributed by atoms with Gasteiger partial charge in [-0.15, -0.1) is 0 Å². The molecule has 1 aliphatic rings. The molecule has 3 rings (SSSR count). The van der Waals surface area contributed by atoms with E-state index in [1.54, 1.807) is 0 Å². The van der Waals surface area contributed by atoms with E-state index >= 15 is 0 Å². The van der Waals surface area contributed by atoms with Gasteiger partial charge in [-0.25, -0.2) is 9.50 Å². The largest absolute Gasteiger partial charge is 0.435 e. The Kier molecular flexibility index (Phi) is 3.27. The first-order valence-electron chi connectivity index (χ1n) is 6.78. The van der Waals surface area contributed by atoms with E-state index in [-0.39, 0.29) is 5.54 Å². The molecule has 0 amide bonds. The zero-order valence-electron chi connectivity index (χ0n) is 11.5. The summed E-state index contributed by atoms with van der Waals surface area (Å²) in [6, 6.07) is 1.03. The Morgan fingerprint density at radius 2 is 2.05 bits per heavy atom. The Labute approximate surface area is 119 Å². The zero-order chi connectivity index (χ0) is 15.1. The van der Waals surface area contributed by atoms with Crippen LogP contribution < -0.4 is 10.6 Å². The van der Waals surface area contributed by atoms with Gasteiger partial charge in [0.25, 0.3) is 0 Å². The molecular formula is C13H16F3N5. The van der Waals surface area contributed by atoms with Crippen molar-refractivity contribution in [3.05, 3.63) is 24.2 Å². The van der Waals surface area contributed by atoms with Gasteiger partial charge in [0.2, 0.25) is 0 Å². The predicted molar refractivity (Wildman–Crippen MR) is 72.1 cm³/mol. The molecule has 21 heavy (non-hydrogen) atoms. The Morgan fingerprint density at radius 3 is 2.71 bits per heavy atom. The summed E-state index contributed by atoms with van der Waals surface area (Å²) in [6.45, 7) is 3.80. The molecule has 2 N–H and O–H groups in total. The topological polar surface area (TPSA) is 54.2 Å². The fourth-order valence-electron chi connectivity index (χ4n) is 2.55. The molecule has 1 saturated heterocycles. The van der Waals surface area contributed by atoms with Crippen molar-refractivity contribution in [3.63, 3.8) is 0 Å². The smallest absolute Gasteiger partial charge is 0.363 e. The van der Waals surface area contributed by atoms with Crippen LogP contribution in [0.5, 0.6) is 0 Å². The highest BCUT2D eigenvalue weighted by atomic mass is 19.4. The van der Waals surface area contributed by atoms with Gasteiger partial charge in [-0.05, 0) is 32.9 Å². The van der Waals surface area contributed by atoms with E-state index in [2.05, 4.69) is 27.6 Å². The average molecular weight is 299 g/mol. The van der Waals surface area contributed by atoms with Crippen molar-refractivity contribution in [2.45, 2.75) is 31.5 Å². The van der Waals surface area contributed by atoms with E-state index in [4.69, 9.17) is 0 Å². The second kappa shape index (κ2) is 4.87. The Hall–Kier alpha value is -1.83. The molecule has 0 unspecified atom stereocenters. The zero-order valence-corrected chi connectivity index (χ0v) is 11.5. The number of rotatable bonds is 2. The number of nitrogens with one attached hydrogen (secondary N) is 2. The maximum Gasteiger partial charge on any atom is 0.435 e. The first-order valence-corrected chi connectivity index (χ1v) is 6.78. The summed E-state index contributed by atoms with van der Waals surface area (Å²) >= 11 is 0. The normalized spacial score (nSPS) is 18.9. The van der Waals surface area contributed by atoms with Gasteiger partial charge in [0.15, 0.2) is 11.5 Å². The summed E-state index contributed by atoms with van der Waals surface area (Å²) in [5, 5.41) is 10.1. The maximum atomic E-state index is 12.8. The second-order valence-corrected chi connectivity index (χ2v) is 5.57. The fourth-order valence-corrected chi connectivity index (χ4v) is 2.55. The van der Waals surface area contributed by atoms with Gasteiger partial charge in [-0.1, -0.05) is 0 Å². The van der Waals surface area contributed by atoms with E-state index in [1.165, 1.54) is 16.9 Å². The lowest BCUT2D eigenvalue weighted by Gasteiger charge is -2.35. The molecule has 5 nitrogen and oxygen atoms in total. The number of halogens is 3. The molecule has 1 aliphatic heterocycles. The van der Waals surface area contributed by atoms with Gasteiger partial charge < -0.3 is 10.6 Å². The summed E-state index contributed by atoms with van der Waals surface area (Å²) in [6.07, 6.45) is 0.182. The number of fused-ring (bicyclic) bond motifs is 1. The SMILES string of the molecule is CC1(Nc2nccn3nc(C(F)(F)F)cc23)CCNCC1. The van der Waals surface area contributed by atoms with Gasteiger partial charge in [0.1, 0.15) is 5.52 Å². The number of hydrogen-bond acceptors (Lipinski definition) is 4. The molecule has 0 bridgehead atoms. The van der Waals surface area contributed by atoms with Crippen molar-refractivity contribution in [3.8, 4) is 0 Å². The van der Waals surface area contributed by atoms with Crippen LogP contribution >= 0.6 is 0 Å². The number of piperidine rings is 1. The van der Waals surface area contributed by atoms with Crippen molar-refractivity contribution in [2.75, 3.05) is 18.4 Å². The van der Waals surface area contributed by atoms with Gasteiger partial charge in [0, 0.05) is 24.0 Å². The van der Waals surface area contributed by atoms with Crippen molar-refractivity contribution < 1.29 is 13.2 Å². The summed E-state index contributed by atoms with van der Waals surface area (Å²) in [5.41, 5.74) is -0.749. The lowest BCUT2D eigenvalue weighted by molar-refractivity contribution is -0.141. The third-order valence-electron chi connectivity index (χ3n) is 3.81. The third-order valence-corrected chi connectivity index (χ3v) is 3.81. The van der Waals surface area contributed by atoms with Gasteiger partial charge in [-0.2, -0.15) is 18.3 Å². The van der Waals surface area contributed by atoms with Crippen LogP contribution in [0.25, 0.3) is 5.52 Å². The molecule has 2 aromatic rings. The van der Waals surface area contributed by atoms with Crippen molar-refractivity contribution in [1.29, 1.82) is 0 Å². The monoisotopic (exact) mass is 299 g/mol. The Balaban J connectivity index is 1.97. The van der Waals surface area contributed by atoms with Crippen molar-refractivity contribution >= 4 is 11.3 Å². The minimum absolute atomic E-state index is 0.178. The van der Waals surface area contributed by atoms with E-state index in [0.29, 0.717) is 11.3 Å². The van der Waals surface area contributed by atoms with Gasteiger partial charge >= 0.3 is 6.18 Å². The predicted octanol–water partition coefficient (Wildman–Crippen LogP) is 2.30. The van der Waals surface area contributed by atoms with Crippen LogP contribution in [0.2, 0.25) is 0 Å². The summed E-state index contributed by atoms with van der Waals surface area (Å²) in [5.74, 6) is 0.435. The van der Waals surface area contributed by atoms with Crippen molar-refractivity contribution in [2.24, 2.45) is 0 Å². The van der Waals surface area contributed by atoms with Crippen LogP contribution in [0, 0.1) is 0 Å². The molecule has 0 radical (unpaired) electrons. The highest BCUT2D eigenvalue weighted by Crippen LogP contribution is 2.31. The molecule has 2 aromatic heterocycles. The average Bonchev–Trinajstić information content (AvgIpc) is 2.84. The molecule has 114 valence electrons. The van der Waals surface area contributed by atoms with Crippen LogP contribution in [-0.2, 0) is 6.18 Å². The lowest BCUT2D eigenvalue weighted by Crippen LogP contribution is -2.45. The third kappa shape index (κ3) is 2.80. The van der Waals surface area contributed by atoms with E-state index in [9.17, 15) is 13.2 Å². The second-order valence-electron chi connectivity index (χ2n) is 5.57. The van der Waals surface area contributed by atoms with Gasteiger partial charge in [0.05, 0.1) is 0 Å². The molecule has 1 fully saturated rings.